The van der Waals surface area contributed by atoms with Crippen molar-refractivity contribution in [2.75, 3.05) is 6.54 Å². The largest absolute Gasteiger partial charge is 0.435 e. The number of imide groups is 1. The number of hydrogen-bond donors (Lipinski definition) is 0. The Hall–Kier alpha value is -4.33. The van der Waals surface area contributed by atoms with Crippen LogP contribution in [0.1, 0.15) is 33.6 Å². The molecule has 2 aromatic carbocycles. The summed E-state index contributed by atoms with van der Waals surface area (Å²) in [5, 5.41) is 0. The maximum Gasteiger partial charge on any atom is 0.311 e. The molecule has 4 aromatic rings. The summed E-state index contributed by atoms with van der Waals surface area (Å²) in [6.45, 7) is 0.149. The SMILES string of the molecule is O=C(CCCN1C(=O)c2ccccc2C1=O)Oc1ccc2nc(-c3ccccn3)oc2c1. The quantitative estimate of drug-likeness (QED) is 0.261. The summed E-state index contributed by atoms with van der Waals surface area (Å²) in [6, 6.07) is 17.1. The molecule has 2 amide bonds. The van der Waals surface area contributed by atoms with Gasteiger partial charge in [-0.3, -0.25) is 24.3 Å². The van der Waals surface area contributed by atoms with E-state index in [-0.39, 0.29) is 24.8 Å². The highest BCUT2D eigenvalue weighted by Gasteiger charge is 2.34. The van der Waals surface area contributed by atoms with Crippen LogP contribution in [0.5, 0.6) is 5.75 Å². The second-order valence-corrected chi connectivity index (χ2v) is 7.25. The third-order valence-electron chi connectivity index (χ3n) is 5.12. The summed E-state index contributed by atoms with van der Waals surface area (Å²) in [7, 11) is 0. The number of oxazole rings is 1. The molecule has 0 unspecified atom stereocenters. The van der Waals surface area contributed by atoms with Crippen molar-refractivity contribution in [3.8, 4) is 17.3 Å². The molecule has 0 radical (unpaired) electrons. The lowest BCUT2D eigenvalue weighted by Gasteiger charge is -2.13. The molecular weight excluding hydrogens is 410 g/mol. The van der Waals surface area contributed by atoms with E-state index < -0.39 is 5.97 Å². The summed E-state index contributed by atoms with van der Waals surface area (Å²) < 4.78 is 11.1. The fraction of sp³-hybridized carbons (Fsp3) is 0.125. The van der Waals surface area contributed by atoms with Gasteiger partial charge in [-0.15, -0.1) is 0 Å². The summed E-state index contributed by atoms with van der Waals surface area (Å²) in [5.74, 6) is -0.431. The van der Waals surface area contributed by atoms with Crippen LogP contribution in [0.4, 0.5) is 0 Å². The van der Waals surface area contributed by atoms with Crippen LogP contribution < -0.4 is 4.74 Å². The van der Waals surface area contributed by atoms with E-state index in [4.69, 9.17) is 9.15 Å². The van der Waals surface area contributed by atoms with Crippen molar-refractivity contribution in [3.05, 3.63) is 78.0 Å². The van der Waals surface area contributed by atoms with Crippen molar-refractivity contribution in [1.82, 2.24) is 14.9 Å². The molecule has 0 atom stereocenters. The average Bonchev–Trinajstić information content (AvgIpc) is 3.34. The summed E-state index contributed by atoms with van der Waals surface area (Å²) in [5.41, 5.74) is 2.49. The van der Waals surface area contributed by atoms with E-state index in [1.807, 2.05) is 6.07 Å². The predicted octanol–water partition coefficient (Wildman–Crippen LogP) is 3.87. The Morgan fingerprint density at radius 3 is 2.44 bits per heavy atom. The molecule has 0 spiro atoms. The fourth-order valence-corrected chi connectivity index (χ4v) is 3.57. The van der Waals surface area contributed by atoms with Gasteiger partial charge >= 0.3 is 5.97 Å². The van der Waals surface area contributed by atoms with Crippen molar-refractivity contribution < 1.29 is 23.5 Å². The zero-order valence-corrected chi connectivity index (χ0v) is 16.9. The number of ether oxygens (including phenoxy) is 1. The maximum atomic E-state index is 12.4. The second kappa shape index (κ2) is 8.07. The first-order chi connectivity index (χ1) is 15.6. The van der Waals surface area contributed by atoms with Gasteiger partial charge in [-0.05, 0) is 42.8 Å². The Labute approximate surface area is 182 Å². The van der Waals surface area contributed by atoms with Crippen molar-refractivity contribution in [2.24, 2.45) is 0 Å². The lowest BCUT2D eigenvalue weighted by molar-refractivity contribution is -0.134. The summed E-state index contributed by atoms with van der Waals surface area (Å²) in [6.07, 6.45) is 2.01. The van der Waals surface area contributed by atoms with Crippen LogP contribution in [0, 0.1) is 0 Å². The molecule has 0 bridgehead atoms. The van der Waals surface area contributed by atoms with Gasteiger partial charge < -0.3 is 9.15 Å². The van der Waals surface area contributed by atoms with E-state index in [0.29, 0.717) is 46.0 Å². The van der Waals surface area contributed by atoms with Crippen LogP contribution in [0.3, 0.4) is 0 Å². The van der Waals surface area contributed by atoms with Gasteiger partial charge in [0, 0.05) is 25.2 Å². The lowest BCUT2D eigenvalue weighted by Crippen LogP contribution is -2.31. The average molecular weight is 427 g/mol. The Morgan fingerprint density at radius 2 is 1.72 bits per heavy atom. The molecule has 8 heteroatoms. The number of esters is 1. The Morgan fingerprint density at radius 1 is 0.969 bits per heavy atom. The molecule has 5 rings (SSSR count). The number of nitrogens with zero attached hydrogens (tertiary/aromatic N) is 3. The topological polar surface area (TPSA) is 103 Å². The number of rotatable bonds is 6. The van der Waals surface area contributed by atoms with Gasteiger partial charge in [0.05, 0.1) is 11.1 Å². The highest BCUT2D eigenvalue weighted by molar-refractivity contribution is 6.21. The molecule has 0 N–H and O–H groups in total. The van der Waals surface area contributed by atoms with Gasteiger partial charge in [-0.2, -0.15) is 0 Å². The minimum Gasteiger partial charge on any atom is -0.435 e. The zero-order chi connectivity index (χ0) is 22.1. The molecule has 1 aliphatic heterocycles. The molecule has 0 saturated carbocycles. The predicted molar refractivity (Wildman–Crippen MR) is 114 cm³/mol. The summed E-state index contributed by atoms with van der Waals surface area (Å²) in [4.78, 5) is 46.8. The van der Waals surface area contributed by atoms with Gasteiger partial charge in [0.15, 0.2) is 5.58 Å². The first-order valence-corrected chi connectivity index (χ1v) is 10.1. The number of pyridine rings is 1. The van der Waals surface area contributed by atoms with Crippen molar-refractivity contribution in [2.45, 2.75) is 12.8 Å². The lowest BCUT2D eigenvalue weighted by atomic mass is 10.1. The van der Waals surface area contributed by atoms with Crippen LogP contribution in [-0.4, -0.2) is 39.2 Å². The number of carbonyl (C=O) groups excluding carboxylic acids is 3. The minimum absolute atomic E-state index is 0.0566. The molecule has 2 aromatic heterocycles. The van der Waals surface area contributed by atoms with E-state index in [0.717, 1.165) is 4.90 Å². The molecule has 0 saturated heterocycles. The first-order valence-electron chi connectivity index (χ1n) is 10.1. The number of amides is 2. The van der Waals surface area contributed by atoms with Gasteiger partial charge in [0.2, 0.25) is 5.89 Å². The highest BCUT2D eigenvalue weighted by atomic mass is 16.5. The number of carbonyl (C=O) groups is 3. The van der Waals surface area contributed by atoms with Crippen LogP contribution in [0.15, 0.2) is 71.3 Å². The Kier molecular flexibility index (Phi) is 4.95. The van der Waals surface area contributed by atoms with Gasteiger partial charge in [-0.1, -0.05) is 18.2 Å². The van der Waals surface area contributed by atoms with E-state index in [1.165, 1.54) is 0 Å². The van der Waals surface area contributed by atoms with Gasteiger partial charge in [0.1, 0.15) is 17.0 Å². The highest BCUT2D eigenvalue weighted by Crippen LogP contribution is 2.26. The fourth-order valence-electron chi connectivity index (χ4n) is 3.57. The Bertz CT molecular complexity index is 1310. The van der Waals surface area contributed by atoms with Crippen molar-refractivity contribution >= 4 is 28.9 Å². The third kappa shape index (κ3) is 3.62. The number of fused-ring (bicyclic) bond motifs is 2. The molecule has 32 heavy (non-hydrogen) atoms. The standard InChI is InChI=1S/C24H17N3O5/c28-21(9-5-13-27-23(29)16-6-1-2-7-17(16)24(27)30)31-15-10-11-18-20(14-15)32-22(26-18)19-8-3-4-12-25-19/h1-4,6-8,10-12,14H,5,9,13H2. The zero-order valence-electron chi connectivity index (χ0n) is 16.9. The number of hydrogen-bond acceptors (Lipinski definition) is 7. The van der Waals surface area contributed by atoms with Crippen molar-refractivity contribution in [3.63, 3.8) is 0 Å². The molecule has 0 aliphatic carbocycles. The van der Waals surface area contributed by atoms with Crippen LogP contribution >= 0.6 is 0 Å². The molecule has 0 fully saturated rings. The van der Waals surface area contributed by atoms with Crippen LogP contribution in [-0.2, 0) is 4.79 Å². The number of benzene rings is 2. The second-order valence-electron chi connectivity index (χ2n) is 7.25. The first kappa shape index (κ1) is 19.6. The summed E-state index contributed by atoms with van der Waals surface area (Å²) >= 11 is 0. The van der Waals surface area contributed by atoms with Gasteiger partial charge in [0.25, 0.3) is 11.8 Å². The van der Waals surface area contributed by atoms with Crippen LogP contribution in [0.25, 0.3) is 22.7 Å². The van der Waals surface area contributed by atoms with E-state index >= 15 is 0 Å². The monoisotopic (exact) mass is 427 g/mol. The van der Waals surface area contributed by atoms with Crippen molar-refractivity contribution in [1.29, 1.82) is 0 Å². The molecule has 8 nitrogen and oxygen atoms in total. The number of aromatic nitrogens is 2. The smallest absolute Gasteiger partial charge is 0.311 e. The molecular formula is C24H17N3O5. The van der Waals surface area contributed by atoms with Crippen LogP contribution in [0.2, 0.25) is 0 Å². The molecule has 1 aliphatic rings. The normalized spacial score (nSPS) is 12.9. The molecule has 158 valence electrons. The minimum atomic E-state index is -0.467. The maximum absolute atomic E-state index is 12.4. The molecule has 3 heterocycles. The Balaban J connectivity index is 1.19. The van der Waals surface area contributed by atoms with E-state index in [1.54, 1.807) is 60.8 Å². The van der Waals surface area contributed by atoms with Gasteiger partial charge in [-0.25, -0.2) is 4.98 Å². The van der Waals surface area contributed by atoms with E-state index in [9.17, 15) is 14.4 Å². The van der Waals surface area contributed by atoms with E-state index in [2.05, 4.69) is 9.97 Å². The third-order valence-corrected chi connectivity index (χ3v) is 5.12.